The zero-order valence-electron chi connectivity index (χ0n) is 8.22. The average Bonchev–Trinajstić information content (AvgIpc) is 2.39. The summed E-state index contributed by atoms with van der Waals surface area (Å²) in [5.41, 5.74) is -0.483. The van der Waals surface area contributed by atoms with Gasteiger partial charge in [-0.2, -0.15) is 13.2 Å². The van der Waals surface area contributed by atoms with Gasteiger partial charge in [0.25, 0.3) is 0 Å². The van der Waals surface area contributed by atoms with Crippen LogP contribution in [0.1, 0.15) is 20.3 Å². The molecule has 1 aliphatic rings. The van der Waals surface area contributed by atoms with Crippen molar-refractivity contribution in [2.45, 2.75) is 32.0 Å². The minimum Gasteiger partial charge on any atom is -0.389 e. The predicted octanol–water partition coefficient (Wildman–Crippen LogP) is 2.36. The highest BCUT2D eigenvalue weighted by molar-refractivity contribution is 8.14. The van der Waals surface area contributed by atoms with Crippen LogP contribution in [0.3, 0.4) is 0 Å². The second-order valence-electron chi connectivity index (χ2n) is 3.72. The lowest BCUT2D eigenvalue weighted by Gasteiger charge is -2.13. The molecular formula is C8H10F3NO2S. The van der Waals surface area contributed by atoms with E-state index in [0.29, 0.717) is 11.5 Å². The largest absolute Gasteiger partial charge is 0.450 e. The van der Waals surface area contributed by atoms with Crippen LogP contribution >= 0.6 is 11.8 Å². The summed E-state index contributed by atoms with van der Waals surface area (Å²) >= 11 is 0.777. The highest BCUT2D eigenvalue weighted by Crippen LogP contribution is 2.28. The molecule has 0 bridgehead atoms. The highest BCUT2D eigenvalue weighted by Gasteiger charge is 2.38. The van der Waals surface area contributed by atoms with Gasteiger partial charge in [0.1, 0.15) is 10.6 Å². The Labute approximate surface area is 89.0 Å². The molecule has 0 aliphatic carbocycles. The van der Waals surface area contributed by atoms with Gasteiger partial charge in [0.05, 0.1) is 5.75 Å². The van der Waals surface area contributed by atoms with Crippen molar-refractivity contribution in [2.24, 2.45) is 5.16 Å². The van der Waals surface area contributed by atoms with Gasteiger partial charge in [0.15, 0.2) is 0 Å². The highest BCUT2D eigenvalue weighted by atomic mass is 32.2. The summed E-state index contributed by atoms with van der Waals surface area (Å²) in [6.07, 6.45) is -4.33. The Morgan fingerprint density at radius 3 is 2.60 bits per heavy atom. The molecule has 1 rings (SSSR count). The van der Waals surface area contributed by atoms with E-state index in [9.17, 15) is 18.0 Å². The van der Waals surface area contributed by atoms with Crippen molar-refractivity contribution in [3.05, 3.63) is 0 Å². The molecule has 0 aromatic rings. The Morgan fingerprint density at radius 2 is 2.20 bits per heavy atom. The quantitative estimate of drug-likeness (QED) is 0.745. The van der Waals surface area contributed by atoms with Gasteiger partial charge in [0.2, 0.25) is 5.78 Å². The number of rotatable bonds is 2. The molecule has 0 atom stereocenters. The smallest absolute Gasteiger partial charge is 0.389 e. The fourth-order valence-electron chi connectivity index (χ4n) is 0.911. The van der Waals surface area contributed by atoms with Crippen molar-refractivity contribution in [3.63, 3.8) is 0 Å². The van der Waals surface area contributed by atoms with Crippen LogP contribution in [0.2, 0.25) is 0 Å². The van der Waals surface area contributed by atoms with E-state index in [1.165, 1.54) is 0 Å². The molecule has 0 aromatic carbocycles. The number of thioether (sulfide) groups is 1. The Balaban J connectivity index is 2.37. The molecule has 0 N–H and O–H groups in total. The van der Waals surface area contributed by atoms with E-state index in [4.69, 9.17) is 4.84 Å². The molecular weight excluding hydrogens is 231 g/mol. The second-order valence-corrected chi connectivity index (χ2v) is 4.77. The van der Waals surface area contributed by atoms with Gasteiger partial charge < -0.3 is 4.84 Å². The molecule has 0 amide bonds. The molecule has 7 heteroatoms. The van der Waals surface area contributed by atoms with Crippen molar-refractivity contribution < 1.29 is 22.8 Å². The number of halogens is 3. The first-order chi connectivity index (χ1) is 6.71. The number of oxime groups is 1. The number of hydrogen-bond acceptors (Lipinski definition) is 4. The van der Waals surface area contributed by atoms with Crippen molar-refractivity contribution >= 4 is 22.6 Å². The Kier molecular flexibility index (Phi) is 3.32. The fraction of sp³-hybridized carbons (Fsp3) is 0.750. The lowest BCUT2D eigenvalue weighted by molar-refractivity contribution is -0.167. The Bertz CT molecular complexity index is 299. The van der Waals surface area contributed by atoms with Crippen LogP contribution in [0.25, 0.3) is 0 Å². The van der Waals surface area contributed by atoms with Crippen LogP contribution in [-0.4, -0.2) is 28.4 Å². The summed E-state index contributed by atoms with van der Waals surface area (Å²) in [6, 6.07) is 0. The van der Waals surface area contributed by atoms with Crippen molar-refractivity contribution in [1.29, 1.82) is 0 Å². The second kappa shape index (κ2) is 4.03. The third-order valence-corrected chi connectivity index (χ3v) is 2.62. The average molecular weight is 241 g/mol. The van der Waals surface area contributed by atoms with E-state index in [0.717, 1.165) is 11.8 Å². The van der Waals surface area contributed by atoms with Crippen molar-refractivity contribution in [3.8, 4) is 0 Å². The molecule has 0 saturated carbocycles. The van der Waals surface area contributed by atoms with Crippen LogP contribution in [0.5, 0.6) is 0 Å². The van der Waals surface area contributed by atoms with Crippen molar-refractivity contribution in [1.82, 2.24) is 0 Å². The standard InChI is InChI=1S/C8H10F3NO2S/c1-7(2)3-6(12-14-7)15-4-5(13)8(9,10)11/h3-4H2,1-2H3. The van der Waals surface area contributed by atoms with Gasteiger partial charge in [-0.1, -0.05) is 16.9 Å². The molecule has 0 radical (unpaired) electrons. The van der Waals surface area contributed by atoms with Crippen LogP contribution in [-0.2, 0) is 9.63 Å². The van der Waals surface area contributed by atoms with E-state index in [2.05, 4.69) is 5.16 Å². The predicted molar refractivity (Wildman–Crippen MR) is 50.7 cm³/mol. The molecule has 0 unspecified atom stereocenters. The minimum absolute atomic E-state index is 0.428. The van der Waals surface area contributed by atoms with Crippen molar-refractivity contribution in [2.75, 3.05) is 5.75 Å². The van der Waals surface area contributed by atoms with Crippen LogP contribution in [0.15, 0.2) is 5.16 Å². The SMILES string of the molecule is CC1(C)CC(SCC(=O)C(F)(F)F)=NO1. The first-order valence-corrected chi connectivity index (χ1v) is 5.17. The summed E-state index contributed by atoms with van der Waals surface area (Å²) in [5, 5.41) is 4.03. The van der Waals surface area contributed by atoms with Crippen LogP contribution < -0.4 is 0 Å². The lowest BCUT2D eigenvalue weighted by Crippen LogP contribution is -2.25. The maximum Gasteiger partial charge on any atom is 0.450 e. The number of nitrogens with zero attached hydrogens (tertiary/aromatic N) is 1. The van der Waals surface area contributed by atoms with E-state index in [-0.39, 0.29) is 0 Å². The summed E-state index contributed by atoms with van der Waals surface area (Å²) < 4.78 is 35.5. The summed E-state index contributed by atoms with van der Waals surface area (Å²) in [6.45, 7) is 3.55. The van der Waals surface area contributed by atoms with E-state index in [1.54, 1.807) is 13.8 Å². The van der Waals surface area contributed by atoms with E-state index < -0.39 is 23.3 Å². The van der Waals surface area contributed by atoms with Crippen LogP contribution in [0.4, 0.5) is 13.2 Å². The Hall–Kier alpha value is -0.720. The number of Topliss-reactive ketones (excluding diaryl/α,β-unsaturated/α-hetero) is 1. The molecule has 3 nitrogen and oxygen atoms in total. The molecule has 15 heavy (non-hydrogen) atoms. The van der Waals surface area contributed by atoms with E-state index in [1.807, 2.05) is 0 Å². The Morgan fingerprint density at radius 1 is 1.60 bits per heavy atom. The minimum atomic E-state index is -4.76. The zero-order chi connectivity index (χ0) is 11.7. The third-order valence-electron chi connectivity index (χ3n) is 1.66. The number of alkyl halides is 3. The van der Waals surface area contributed by atoms with Gasteiger partial charge in [-0.15, -0.1) is 0 Å². The summed E-state index contributed by atoms with van der Waals surface area (Å²) in [4.78, 5) is 15.5. The molecule has 1 aliphatic heterocycles. The van der Waals surface area contributed by atoms with Gasteiger partial charge in [-0.3, -0.25) is 4.79 Å². The molecule has 0 saturated heterocycles. The van der Waals surface area contributed by atoms with Gasteiger partial charge in [0, 0.05) is 6.42 Å². The number of ketones is 1. The van der Waals surface area contributed by atoms with E-state index >= 15 is 0 Å². The summed E-state index contributed by atoms with van der Waals surface area (Å²) in [7, 11) is 0. The first kappa shape index (κ1) is 12.4. The first-order valence-electron chi connectivity index (χ1n) is 4.18. The molecule has 0 fully saturated rings. The zero-order valence-corrected chi connectivity index (χ0v) is 9.04. The maximum atomic E-state index is 11.8. The fourth-order valence-corrected chi connectivity index (χ4v) is 1.91. The van der Waals surface area contributed by atoms with Crippen LogP contribution in [0, 0.1) is 0 Å². The number of carbonyl (C=O) groups is 1. The molecule has 86 valence electrons. The maximum absolute atomic E-state index is 11.8. The number of hydrogen-bond donors (Lipinski definition) is 0. The molecule has 1 heterocycles. The van der Waals surface area contributed by atoms with Gasteiger partial charge >= 0.3 is 6.18 Å². The molecule has 0 spiro atoms. The lowest BCUT2D eigenvalue weighted by atomic mass is 10.1. The van der Waals surface area contributed by atoms with Gasteiger partial charge in [-0.25, -0.2) is 0 Å². The normalized spacial score (nSPS) is 19.7. The summed E-state index contributed by atoms with van der Waals surface area (Å²) in [5.74, 6) is -2.39. The number of carbonyl (C=O) groups excluding carboxylic acids is 1. The van der Waals surface area contributed by atoms with Gasteiger partial charge in [-0.05, 0) is 13.8 Å². The third kappa shape index (κ3) is 3.73. The molecule has 0 aromatic heterocycles. The monoisotopic (exact) mass is 241 g/mol. The topological polar surface area (TPSA) is 38.7 Å².